The molecule has 0 bridgehead atoms. The number of para-hydroxylation sites is 1. The zero-order valence-corrected chi connectivity index (χ0v) is 9.61. The lowest BCUT2D eigenvalue weighted by molar-refractivity contribution is 0.169. The van der Waals surface area contributed by atoms with Gasteiger partial charge in [0.15, 0.2) is 0 Å². The van der Waals surface area contributed by atoms with E-state index in [1.807, 2.05) is 18.2 Å². The molecule has 1 amide bonds. The van der Waals surface area contributed by atoms with E-state index in [0.29, 0.717) is 18.6 Å². The van der Waals surface area contributed by atoms with Gasteiger partial charge in [-0.05, 0) is 18.9 Å². The highest BCUT2D eigenvalue weighted by Gasteiger charge is 2.38. The molecule has 1 aliphatic heterocycles. The third-order valence-corrected chi connectivity index (χ3v) is 2.93. The van der Waals surface area contributed by atoms with Gasteiger partial charge >= 0.3 is 6.09 Å². The normalized spacial score (nSPS) is 16.4. The van der Waals surface area contributed by atoms with Crippen molar-refractivity contribution in [3.05, 3.63) is 55.1 Å². The van der Waals surface area contributed by atoms with Gasteiger partial charge in [0.05, 0.1) is 5.54 Å². The molecular weight excluding hydrogens is 214 g/mol. The van der Waals surface area contributed by atoms with E-state index in [0.717, 1.165) is 5.56 Å². The standard InChI is InChI=1S/C14H15NO2/c1-3-9-14(10-4-2)11-7-5-6-8-12(11)17-13(16)15-14/h3-8H,1-2,9-10H2,(H,15,16). The molecule has 0 atom stereocenters. The Labute approximate surface area is 101 Å². The quantitative estimate of drug-likeness (QED) is 0.805. The summed E-state index contributed by atoms with van der Waals surface area (Å²) in [4.78, 5) is 11.6. The Balaban J connectivity index is 2.54. The first-order valence-corrected chi connectivity index (χ1v) is 5.53. The van der Waals surface area contributed by atoms with E-state index in [9.17, 15) is 4.79 Å². The van der Waals surface area contributed by atoms with Gasteiger partial charge in [0, 0.05) is 5.56 Å². The number of ether oxygens (including phenoxy) is 1. The molecule has 0 saturated carbocycles. The molecule has 17 heavy (non-hydrogen) atoms. The largest absolute Gasteiger partial charge is 0.413 e. The molecule has 88 valence electrons. The summed E-state index contributed by atoms with van der Waals surface area (Å²) in [5.74, 6) is 0.611. The molecule has 0 unspecified atom stereocenters. The Morgan fingerprint density at radius 1 is 1.24 bits per heavy atom. The zero-order valence-electron chi connectivity index (χ0n) is 9.61. The molecule has 1 heterocycles. The van der Waals surface area contributed by atoms with E-state index >= 15 is 0 Å². The SMILES string of the molecule is C=CCC1(CC=C)NC(=O)Oc2ccccc21. The van der Waals surface area contributed by atoms with Crippen LogP contribution in [0.3, 0.4) is 0 Å². The van der Waals surface area contributed by atoms with Crippen molar-refractivity contribution in [3.8, 4) is 5.75 Å². The van der Waals surface area contributed by atoms with Crippen LogP contribution in [0.5, 0.6) is 5.75 Å². The molecule has 1 aromatic carbocycles. The fourth-order valence-electron chi connectivity index (χ4n) is 2.24. The molecule has 0 aromatic heterocycles. The summed E-state index contributed by atoms with van der Waals surface area (Å²) in [6.07, 6.45) is 4.46. The van der Waals surface area contributed by atoms with E-state index in [2.05, 4.69) is 18.5 Å². The van der Waals surface area contributed by atoms with E-state index in [-0.39, 0.29) is 0 Å². The summed E-state index contributed by atoms with van der Waals surface area (Å²) in [6.45, 7) is 7.51. The van der Waals surface area contributed by atoms with Crippen molar-refractivity contribution < 1.29 is 9.53 Å². The first kappa shape index (κ1) is 11.5. The van der Waals surface area contributed by atoms with Crippen molar-refractivity contribution in [2.45, 2.75) is 18.4 Å². The van der Waals surface area contributed by atoms with Crippen LogP contribution in [0.1, 0.15) is 18.4 Å². The summed E-state index contributed by atoms with van der Waals surface area (Å²) >= 11 is 0. The van der Waals surface area contributed by atoms with Crippen molar-refractivity contribution in [2.75, 3.05) is 0 Å². The van der Waals surface area contributed by atoms with Gasteiger partial charge in [-0.3, -0.25) is 0 Å². The summed E-state index contributed by atoms with van der Waals surface area (Å²) in [5.41, 5.74) is 0.495. The Morgan fingerprint density at radius 2 is 1.88 bits per heavy atom. The van der Waals surface area contributed by atoms with Crippen molar-refractivity contribution in [3.63, 3.8) is 0 Å². The van der Waals surface area contributed by atoms with Crippen LogP contribution in [0.2, 0.25) is 0 Å². The number of benzene rings is 1. The highest BCUT2D eigenvalue weighted by atomic mass is 16.6. The van der Waals surface area contributed by atoms with Crippen LogP contribution in [0.4, 0.5) is 4.79 Å². The van der Waals surface area contributed by atoms with Gasteiger partial charge in [0.1, 0.15) is 5.75 Å². The number of rotatable bonds is 4. The predicted octanol–water partition coefficient (Wildman–Crippen LogP) is 3.14. The molecule has 0 spiro atoms. The minimum Gasteiger partial charge on any atom is -0.410 e. The Hall–Kier alpha value is -2.03. The Kier molecular flexibility index (Phi) is 3.00. The molecule has 0 fully saturated rings. The summed E-state index contributed by atoms with van der Waals surface area (Å²) in [5, 5.41) is 2.88. The maximum Gasteiger partial charge on any atom is 0.413 e. The second-order valence-electron chi connectivity index (χ2n) is 4.08. The van der Waals surface area contributed by atoms with Crippen LogP contribution in [-0.2, 0) is 5.54 Å². The molecule has 0 saturated heterocycles. The van der Waals surface area contributed by atoms with Gasteiger partial charge in [0.2, 0.25) is 0 Å². The molecule has 1 N–H and O–H groups in total. The van der Waals surface area contributed by atoms with Gasteiger partial charge in [-0.2, -0.15) is 0 Å². The summed E-state index contributed by atoms with van der Waals surface area (Å²) < 4.78 is 5.16. The van der Waals surface area contributed by atoms with Gasteiger partial charge in [-0.15, -0.1) is 13.2 Å². The van der Waals surface area contributed by atoms with Crippen LogP contribution in [-0.4, -0.2) is 6.09 Å². The van der Waals surface area contributed by atoms with Gasteiger partial charge in [0.25, 0.3) is 0 Å². The number of hydrogen-bond acceptors (Lipinski definition) is 2. The van der Waals surface area contributed by atoms with Crippen molar-refractivity contribution in [1.29, 1.82) is 0 Å². The lowest BCUT2D eigenvalue weighted by Crippen LogP contribution is -2.50. The van der Waals surface area contributed by atoms with E-state index in [1.54, 1.807) is 18.2 Å². The number of carbonyl (C=O) groups is 1. The molecule has 3 heteroatoms. The van der Waals surface area contributed by atoms with E-state index in [1.165, 1.54) is 0 Å². The fraction of sp³-hybridized carbons (Fsp3) is 0.214. The molecular formula is C14H15NO2. The lowest BCUT2D eigenvalue weighted by Gasteiger charge is -2.37. The van der Waals surface area contributed by atoms with E-state index in [4.69, 9.17) is 4.74 Å². The maximum atomic E-state index is 11.6. The molecule has 1 aliphatic rings. The van der Waals surface area contributed by atoms with E-state index < -0.39 is 11.6 Å². The van der Waals surface area contributed by atoms with Gasteiger partial charge in [-0.1, -0.05) is 30.4 Å². The second kappa shape index (κ2) is 4.45. The highest BCUT2D eigenvalue weighted by molar-refractivity contribution is 5.75. The van der Waals surface area contributed by atoms with Crippen LogP contribution in [0.15, 0.2) is 49.6 Å². The van der Waals surface area contributed by atoms with Crippen LogP contribution < -0.4 is 10.1 Å². The first-order valence-electron chi connectivity index (χ1n) is 5.53. The van der Waals surface area contributed by atoms with Crippen LogP contribution in [0.25, 0.3) is 0 Å². The summed E-state index contributed by atoms with van der Waals surface area (Å²) in [6, 6.07) is 7.54. The molecule has 0 aliphatic carbocycles. The number of fused-ring (bicyclic) bond motifs is 1. The molecule has 1 aromatic rings. The monoisotopic (exact) mass is 229 g/mol. The molecule has 0 radical (unpaired) electrons. The highest BCUT2D eigenvalue weighted by Crippen LogP contribution is 2.38. The number of amides is 1. The third kappa shape index (κ3) is 1.96. The number of carbonyl (C=O) groups excluding carboxylic acids is 1. The Bertz CT molecular complexity index is 455. The van der Waals surface area contributed by atoms with Gasteiger partial charge in [-0.25, -0.2) is 4.79 Å². The van der Waals surface area contributed by atoms with Crippen molar-refractivity contribution in [1.82, 2.24) is 5.32 Å². The first-order chi connectivity index (χ1) is 8.22. The average molecular weight is 229 g/mol. The van der Waals surface area contributed by atoms with Crippen LogP contribution in [0, 0.1) is 0 Å². The topological polar surface area (TPSA) is 38.3 Å². The van der Waals surface area contributed by atoms with Crippen molar-refractivity contribution in [2.24, 2.45) is 0 Å². The minimum atomic E-state index is -0.477. The average Bonchev–Trinajstić information content (AvgIpc) is 2.29. The smallest absolute Gasteiger partial charge is 0.410 e. The second-order valence-corrected chi connectivity index (χ2v) is 4.08. The maximum absolute atomic E-state index is 11.6. The number of nitrogens with one attached hydrogen (secondary N) is 1. The molecule has 3 nitrogen and oxygen atoms in total. The van der Waals surface area contributed by atoms with Gasteiger partial charge < -0.3 is 10.1 Å². The third-order valence-electron chi connectivity index (χ3n) is 2.93. The minimum absolute atomic E-state index is 0.424. The Morgan fingerprint density at radius 3 is 2.53 bits per heavy atom. The summed E-state index contributed by atoms with van der Waals surface area (Å²) in [7, 11) is 0. The van der Waals surface area contributed by atoms with Crippen molar-refractivity contribution >= 4 is 6.09 Å². The number of hydrogen-bond donors (Lipinski definition) is 1. The zero-order chi connectivity index (χ0) is 12.3. The lowest BCUT2D eigenvalue weighted by atomic mass is 9.82. The fourth-order valence-corrected chi connectivity index (χ4v) is 2.24. The molecule has 2 rings (SSSR count). The van der Waals surface area contributed by atoms with Crippen LogP contribution >= 0.6 is 0 Å². The predicted molar refractivity (Wildman–Crippen MR) is 66.9 cm³/mol.